The van der Waals surface area contributed by atoms with Crippen LogP contribution in [0.4, 0.5) is 0 Å². The maximum atomic E-state index is 2.38. The third-order valence-corrected chi connectivity index (χ3v) is 2.26. The Kier molecular flexibility index (Phi) is 5.56. The van der Waals surface area contributed by atoms with Crippen LogP contribution in [0, 0.1) is 5.41 Å². The van der Waals surface area contributed by atoms with E-state index in [1.54, 1.807) is 0 Å². The van der Waals surface area contributed by atoms with Gasteiger partial charge < -0.3 is 4.90 Å². The molecule has 0 aromatic carbocycles. The molecule has 0 heterocycles. The number of rotatable bonds is 5. The van der Waals surface area contributed by atoms with Crippen LogP contribution < -0.4 is 0 Å². The summed E-state index contributed by atoms with van der Waals surface area (Å²) < 4.78 is 0. The monoisotopic (exact) mass is 171 g/mol. The van der Waals surface area contributed by atoms with E-state index in [0.29, 0.717) is 5.41 Å². The Morgan fingerprint density at radius 2 is 1.67 bits per heavy atom. The van der Waals surface area contributed by atoms with Gasteiger partial charge in [0.2, 0.25) is 0 Å². The molecule has 1 nitrogen and oxygen atoms in total. The molecule has 0 fully saturated rings. The molecule has 0 rings (SSSR count). The highest BCUT2D eigenvalue weighted by Gasteiger charge is 2.08. The highest BCUT2D eigenvalue weighted by Crippen LogP contribution is 2.21. The van der Waals surface area contributed by atoms with Crippen molar-refractivity contribution in [3.63, 3.8) is 0 Å². The molecule has 1 heteroatoms. The van der Waals surface area contributed by atoms with Crippen LogP contribution in [0.1, 0.15) is 47.0 Å². The molecular weight excluding hydrogens is 146 g/mol. The largest absolute Gasteiger partial charge is 0.307 e. The van der Waals surface area contributed by atoms with Crippen LogP contribution >= 0.6 is 0 Å². The van der Waals surface area contributed by atoms with E-state index in [0.717, 1.165) is 0 Å². The number of nitrogens with zero attached hydrogens (tertiary/aromatic N) is 1. The van der Waals surface area contributed by atoms with Gasteiger partial charge in [-0.1, -0.05) is 34.1 Å². The molecular formula is C11H25N. The Balaban J connectivity index is 3.22. The van der Waals surface area contributed by atoms with E-state index in [1.165, 1.54) is 32.4 Å². The normalized spacial score (nSPS) is 12.5. The maximum absolute atomic E-state index is 2.38. The van der Waals surface area contributed by atoms with E-state index >= 15 is 0 Å². The first-order valence-corrected chi connectivity index (χ1v) is 5.14. The Labute approximate surface area is 78.1 Å². The van der Waals surface area contributed by atoms with E-state index in [9.17, 15) is 0 Å². The summed E-state index contributed by atoms with van der Waals surface area (Å²) >= 11 is 0. The molecule has 0 amide bonds. The van der Waals surface area contributed by atoms with Gasteiger partial charge in [0, 0.05) is 0 Å². The first kappa shape index (κ1) is 12.0. The topological polar surface area (TPSA) is 3.24 Å². The van der Waals surface area contributed by atoms with Crippen LogP contribution in [0.3, 0.4) is 0 Å². The van der Waals surface area contributed by atoms with Gasteiger partial charge in [-0.15, -0.1) is 0 Å². The van der Waals surface area contributed by atoms with Crippen molar-refractivity contribution in [2.24, 2.45) is 5.41 Å². The maximum Gasteiger partial charge on any atom is -0.00219 e. The van der Waals surface area contributed by atoms with Crippen molar-refractivity contribution in [2.45, 2.75) is 47.0 Å². The van der Waals surface area contributed by atoms with Crippen LogP contribution in [0.15, 0.2) is 0 Å². The summed E-state index contributed by atoms with van der Waals surface area (Å²) in [6.45, 7) is 11.6. The van der Waals surface area contributed by atoms with Gasteiger partial charge in [0.25, 0.3) is 0 Å². The van der Waals surface area contributed by atoms with Crippen molar-refractivity contribution in [3.8, 4) is 0 Å². The molecule has 0 aliphatic rings. The van der Waals surface area contributed by atoms with Crippen molar-refractivity contribution in [1.82, 2.24) is 4.90 Å². The minimum absolute atomic E-state index is 0.519. The lowest BCUT2D eigenvalue weighted by Gasteiger charge is -2.19. The Morgan fingerprint density at radius 3 is 2.08 bits per heavy atom. The van der Waals surface area contributed by atoms with Gasteiger partial charge in [-0.05, 0) is 38.4 Å². The van der Waals surface area contributed by atoms with Crippen LogP contribution in [-0.4, -0.2) is 25.0 Å². The van der Waals surface area contributed by atoms with Crippen molar-refractivity contribution < 1.29 is 0 Å². The fourth-order valence-electron chi connectivity index (χ4n) is 1.20. The Bertz CT molecular complexity index is 102. The van der Waals surface area contributed by atoms with Crippen LogP contribution in [0.25, 0.3) is 0 Å². The zero-order valence-corrected chi connectivity index (χ0v) is 9.48. The molecule has 0 aliphatic heterocycles. The first-order valence-electron chi connectivity index (χ1n) is 5.14. The molecule has 0 bridgehead atoms. The predicted molar refractivity (Wildman–Crippen MR) is 56.5 cm³/mol. The number of unbranched alkanes of at least 4 members (excludes halogenated alkanes) is 1. The van der Waals surface area contributed by atoms with Crippen molar-refractivity contribution >= 4 is 0 Å². The van der Waals surface area contributed by atoms with Crippen molar-refractivity contribution in [2.75, 3.05) is 20.1 Å². The van der Waals surface area contributed by atoms with Crippen LogP contribution in [-0.2, 0) is 0 Å². The van der Waals surface area contributed by atoms with E-state index in [4.69, 9.17) is 0 Å². The smallest absolute Gasteiger partial charge is 0.00219 e. The molecule has 0 aromatic heterocycles. The summed E-state index contributed by atoms with van der Waals surface area (Å²) in [6, 6.07) is 0. The summed E-state index contributed by atoms with van der Waals surface area (Å²) in [7, 11) is 2.19. The summed E-state index contributed by atoms with van der Waals surface area (Å²) in [6.07, 6.45) is 4.07. The molecule has 0 radical (unpaired) electrons. The molecule has 0 aromatic rings. The van der Waals surface area contributed by atoms with Gasteiger partial charge in [0.15, 0.2) is 0 Å². The molecule has 0 N–H and O–H groups in total. The predicted octanol–water partition coefficient (Wildman–Crippen LogP) is 3.15. The van der Waals surface area contributed by atoms with Gasteiger partial charge >= 0.3 is 0 Å². The SMILES string of the molecule is CCN(C)CCCCC(C)(C)C. The average molecular weight is 171 g/mol. The lowest BCUT2D eigenvalue weighted by atomic mass is 9.90. The molecule has 0 saturated heterocycles. The molecule has 0 spiro atoms. The van der Waals surface area contributed by atoms with E-state index in [2.05, 4.69) is 39.6 Å². The fourth-order valence-corrected chi connectivity index (χ4v) is 1.20. The zero-order valence-electron chi connectivity index (χ0n) is 9.48. The standard InChI is InChI=1S/C11H25N/c1-6-12(5)10-8-7-9-11(2,3)4/h6-10H2,1-5H3. The quantitative estimate of drug-likeness (QED) is 0.574. The average Bonchev–Trinajstić information content (AvgIpc) is 1.96. The van der Waals surface area contributed by atoms with Crippen LogP contribution in [0.5, 0.6) is 0 Å². The minimum Gasteiger partial charge on any atom is -0.307 e. The fraction of sp³-hybridized carbons (Fsp3) is 1.00. The Hall–Kier alpha value is -0.0400. The second-order valence-electron chi connectivity index (χ2n) is 4.91. The van der Waals surface area contributed by atoms with E-state index < -0.39 is 0 Å². The van der Waals surface area contributed by atoms with Gasteiger partial charge in [-0.2, -0.15) is 0 Å². The third-order valence-electron chi connectivity index (χ3n) is 2.26. The molecule has 74 valence electrons. The van der Waals surface area contributed by atoms with E-state index in [1.807, 2.05) is 0 Å². The first-order chi connectivity index (χ1) is 5.45. The number of hydrogen-bond acceptors (Lipinski definition) is 1. The molecule has 0 saturated carbocycles. The lowest BCUT2D eigenvalue weighted by Crippen LogP contribution is -2.19. The van der Waals surface area contributed by atoms with Crippen molar-refractivity contribution in [3.05, 3.63) is 0 Å². The lowest BCUT2D eigenvalue weighted by molar-refractivity contribution is 0.312. The minimum atomic E-state index is 0.519. The second kappa shape index (κ2) is 5.58. The van der Waals surface area contributed by atoms with E-state index in [-0.39, 0.29) is 0 Å². The summed E-state index contributed by atoms with van der Waals surface area (Å²) in [4.78, 5) is 2.38. The Morgan fingerprint density at radius 1 is 1.08 bits per heavy atom. The molecule has 12 heavy (non-hydrogen) atoms. The van der Waals surface area contributed by atoms with Gasteiger partial charge in [0.05, 0.1) is 0 Å². The second-order valence-corrected chi connectivity index (χ2v) is 4.91. The van der Waals surface area contributed by atoms with Crippen LogP contribution in [0.2, 0.25) is 0 Å². The third kappa shape index (κ3) is 8.06. The highest BCUT2D eigenvalue weighted by molar-refractivity contribution is 4.61. The van der Waals surface area contributed by atoms with Gasteiger partial charge in [-0.25, -0.2) is 0 Å². The molecule has 0 atom stereocenters. The molecule has 0 unspecified atom stereocenters. The van der Waals surface area contributed by atoms with Gasteiger partial charge in [-0.3, -0.25) is 0 Å². The zero-order chi connectivity index (χ0) is 9.61. The van der Waals surface area contributed by atoms with Gasteiger partial charge in [0.1, 0.15) is 0 Å². The highest BCUT2D eigenvalue weighted by atomic mass is 15.1. The summed E-state index contributed by atoms with van der Waals surface area (Å²) in [5.74, 6) is 0. The summed E-state index contributed by atoms with van der Waals surface area (Å²) in [5, 5.41) is 0. The van der Waals surface area contributed by atoms with Crippen molar-refractivity contribution in [1.29, 1.82) is 0 Å². The summed E-state index contributed by atoms with van der Waals surface area (Å²) in [5.41, 5.74) is 0.519. The molecule has 0 aliphatic carbocycles. The number of hydrogen-bond donors (Lipinski definition) is 0.